The summed E-state index contributed by atoms with van der Waals surface area (Å²) >= 11 is 0. The zero-order chi connectivity index (χ0) is 18.8. The van der Waals surface area contributed by atoms with Crippen molar-refractivity contribution in [3.63, 3.8) is 0 Å². The highest BCUT2D eigenvalue weighted by Crippen LogP contribution is 2.32. The van der Waals surface area contributed by atoms with Crippen molar-refractivity contribution in [2.24, 2.45) is 0 Å². The normalized spacial score (nSPS) is 11.9. The highest BCUT2D eigenvalue weighted by atomic mass is 16.3. The second-order valence-corrected chi connectivity index (χ2v) is 8.43. The van der Waals surface area contributed by atoms with Crippen LogP contribution in [0.2, 0.25) is 0 Å². The van der Waals surface area contributed by atoms with Crippen molar-refractivity contribution in [2.45, 2.75) is 52.4 Å². The highest BCUT2D eigenvalue weighted by molar-refractivity contribution is 5.99. The molecule has 0 heterocycles. The van der Waals surface area contributed by atoms with Crippen molar-refractivity contribution in [3.05, 3.63) is 53.6 Å². The number of benzene rings is 2. The Bertz CT molecular complexity index is 719. The molecular weight excluding hydrogens is 312 g/mol. The minimum atomic E-state index is -0.309. The summed E-state index contributed by atoms with van der Waals surface area (Å²) in [6.45, 7) is 13.0. The van der Waals surface area contributed by atoms with E-state index in [-0.39, 0.29) is 22.6 Å². The minimum absolute atomic E-state index is 0.00881. The smallest absolute Gasteiger partial charge is 0.323 e. The van der Waals surface area contributed by atoms with E-state index in [2.05, 4.69) is 58.2 Å². The third-order valence-electron chi connectivity index (χ3n) is 4.05. The molecule has 0 unspecified atom stereocenters. The van der Waals surface area contributed by atoms with Crippen LogP contribution < -0.4 is 10.6 Å². The Kier molecular flexibility index (Phi) is 5.12. The third kappa shape index (κ3) is 5.24. The first kappa shape index (κ1) is 18.8. The van der Waals surface area contributed by atoms with Gasteiger partial charge in [-0.1, -0.05) is 47.6 Å². The average molecular weight is 340 g/mol. The predicted octanol–water partition coefficient (Wildman–Crippen LogP) is 5.63. The molecule has 4 nitrogen and oxygen atoms in total. The van der Waals surface area contributed by atoms with E-state index in [4.69, 9.17) is 0 Å². The number of hydrogen-bond donors (Lipinski definition) is 3. The van der Waals surface area contributed by atoms with Gasteiger partial charge in [-0.3, -0.25) is 0 Å². The Morgan fingerprint density at radius 1 is 0.760 bits per heavy atom. The van der Waals surface area contributed by atoms with Crippen molar-refractivity contribution in [3.8, 4) is 5.75 Å². The zero-order valence-corrected chi connectivity index (χ0v) is 15.9. The van der Waals surface area contributed by atoms with Gasteiger partial charge < -0.3 is 15.7 Å². The standard InChI is InChI=1S/C21H28N2O2/c1-20(2,3)14-11-15(21(4,5)6)13-17(12-14)23-19(25)22-16-7-9-18(24)10-8-16/h7-13,24H,1-6H3,(H2,22,23,25). The number of urea groups is 1. The van der Waals surface area contributed by atoms with Crippen molar-refractivity contribution in [2.75, 3.05) is 10.6 Å². The maximum Gasteiger partial charge on any atom is 0.323 e. The zero-order valence-electron chi connectivity index (χ0n) is 15.9. The minimum Gasteiger partial charge on any atom is -0.508 e. The molecule has 0 atom stereocenters. The van der Waals surface area contributed by atoms with E-state index in [1.165, 1.54) is 23.3 Å². The van der Waals surface area contributed by atoms with E-state index in [1.807, 2.05) is 12.1 Å². The lowest BCUT2D eigenvalue weighted by atomic mass is 9.80. The first-order valence-electron chi connectivity index (χ1n) is 8.48. The van der Waals surface area contributed by atoms with E-state index in [9.17, 15) is 9.90 Å². The maximum atomic E-state index is 12.3. The predicted molar refractivity (Wildman–Crippen MR) is 105 cm³/mol. The van der Waals surface area contributed by atoms with Crippen LogP contribution in [0.1, 0.15) is 52.7 Å². The van der Waals surface area contributed by atoms with E-state index < -0.39 is 0 Å². The quantitative estimate of drug-likeness (QED) is 0.620. The maximum absolute atomic E-state index is 12.3. The number of anilines is 2. The number of hydrogen-bond acceptors (Lipinski definition) is 2. The molecular formula is C21H28N2O2. The van der Waals surface area contributed by atoms with Crippen LogP contribution in [0.15, 0.2) is 42.5 Å². The van der Waals surface area contributed by atoms with Gasteiger partial charge in [0.15, 0.2) is 0 Å². The van der Waals surface area contributed by atoms with Gasteiger partial charge in [-0.25, -0.2) is 4.79 Å². The fourth-order valence-electron chi connectivity index (χ4n) is 2.40. The molecule has 4 heteroatoms. The Balaban J connectivity index is 2.25. The molecule has 0 aromatic heterocycles. The number of carbonyl (C=O) groups is 1. The molecule has 25 heavy (non-hydrogen) atoms. The number of phenols is 1. The lowest BCUT2D eigenvalue weighted by Gasteiger charge is -2.26. The fourth-order valence-corrected chi connectivity index (χ4v) is 2.40. The van der Waals surface area contributed by atoms with Gasteiger partial charge in [0.05, 0.1) is 0 Å². The highest BCUT2D eigenvalue weighted by Gasteiger charge is 2.21. The van der Waals surface area contributed by atoms with E-state index in [0.717, 1.165) is 5.69 Å². The van der Waals surface area contributed by atoms with Crippen LogP contribution in [0.3, 0.4) is 0 Å². The van der Waals surface area contributed by atoms with Crippen LogP contribution in [0.5, 0.6) is 5.75 Å². The molecule has 0 fully saturated rings. The van der Waals surface area contributed by atoms with E-state index in [1.54, 1.807) is 12.1 Å². The van der Waals surface area contributed by atoms with Crippen LogP contribution in [0.4, 0.5) is 16.2 Å². The number of amides is 2. The van der Waals surface area contributed by atoms with Gasteiger partial charge in [-0.15, -0.1) is 0 Å². The Hall–Kier alpha value is -2.49. The van der Waals surface area contributed by atoms with Crippen LogP contribution in [-0.4, -0.2) is 11.1 Å². The van der Waals surface area contributed by atoms with Gasteiger partial charge in [0.25, 0.3) is 0 Å². The Labute approximate surface area is 150 Å². The number of phenolic OH excluding ortho intramolecular Hbond substituents is 1. The van der Waals surface area contributed by atoms with Crippen LogP contribution in [0.25, 0.3) is 0 Å². The molecule has 0 aliphatic carbocycles. The number of carbonyl (C=O) groups excluding carboxylic acids is 1. The largest absolute Gasteiger partial charge is 0.508 e. The van der Waals surface area contributed by atoms with Crippen molar-refractivity contribution in [1.82, 2.24) is 0 Å². The lowest BCUT2D eigenvalue weighted by Crippen LogP contribution is -2.21. The summed E-state index contributed by atoms with van der Waals surface area (Å²) in [4.78, 5) is 12.3. The second-order valence-electron chi connectivity index (χ2n) is 8.43. The SMILES string of the molecule is CC(C)(C)c1cc(NC(=O)Nc2ccc(O)cc2)cc(C(C)(C)C)c1. The molecule has 2 amide bonds. The van der Waals surface area contributed by atoms with Gasteiger partial charge in [-0.2, -0.15) is 0 Å². The summed E-state index contributed by atoms with van der Waals surface area (Å²) in [5.41, 5.74) is 3.74. The molecule has 2 rings (SSSR count). The first-order chi connectivity index (χ1) is 11.4. The number of nitrogens with one attached hydrogen (secondary N) is 2. The van der Waals surface area contributed by atoms with Gasteiger partial charge in [0, 0.05) is 11.4 Å². The molecule has 134 valence electrons. The molecule has 2 aromatic carbocycles. The summed E-state index contributed by atoms with van der Waals surface area (Å²) in [7, 11) is 0. The Morgan fingerprint density at radius 3 is 1.64 bits per heavy atom. The van der Waals surface area contributed by atoms with Crippen LogP contribution in [-0.2, 0) is 10.8 Å². The lowest BCUT2D eigenvalue weighted by molar-refractivity contribution is 0.262. The molecule has 0 aliphatic heterocycles. The summed E-state index contributed by atoms with van der Waals surface area (Å²) in [5, 5.41) is 15.0. The average Bonchev–Trinajstić information content (AvgIpc) is 2.47. The van der Waals surface area contributed by atoms with Crippen LogP contribution >= 0.6 is 0 Å². The van der Waals surface area contributed by atoms with Crippen molar-refractivity contribution >= 4 is 17.4 Å². The molecule has 0 aliphatic rings. The Morgan fingerprint density at radius 2 is 1.20 bits per heavy atom. The molecule has 0 radical (unpaired) electrons. The molecule has 2 aromatic rings. The number of aromatic hydroxyl groups is 1. The third-order valence-corrected chi connectivity index (χ3v) is 4.05. The first-order valence-corrected chi connectivity index (χ1v) is 8.48. The molecule has 0 saturated carbocycles. The van der Waals surface area contributed by atoms with Crippen LogP contribution in [0, 0.1) is 0 Å². The molecule has 0 spiro atoms. The summed E-state index contributed by atoms with van der Waals surface area (Å²) in [6.07, 6.45) is 0. The summed E-state index contributed by atoms with van der Waals surface area (Å²) in [5.74, 6) is 0.165. The molecule has 0 saturated heterocycles. The van der Waals surface area contributed by atoms with E-state index in [0.29, 0.717) is 5.69 Å². The second kappa shape index (κ2) is 6.79. The van der Waals surface area contributed by atoms with Gasteiger partial charge >= 0.3 is 6.03 Å². The van der Waals surface area contributed by atoms with Gasteiger partial charge in [-0.05, 0) is 58.4 Å². The van der Waals surface area contributed by atoms with Gasteiger partial charge in [0.1, 0.15) is 5.75 Å². The summed E-state index contributed by atoms with van der Waals surface area (Å²) < 4.78 is 0. The fraction of sp³-hybridized carbons (Fsp3) is 0.381. The van der Waals surface area contributed by atoms with Crippen molar-refractivity contribution < 1.29 is 9.90 Å². The van der Waals surface area contributed by atoms with E-state index >= 15 is 0 Å². The number of rotatable bonds is 2. The molecule has 0 bridgehead atoms. The van der Waals surface area contributed by atoms with Gasteiger partial charge in [0.2, 0.25) is 0 Å². The summed E-state index contributed by atoms with van der Waals surface area (Å²) in [6, 6.07) is 12.3. The topological polar surface area (TPSA) is 61.4 Å². The molecule has 3 N–H and O–H groups in total. The van der Waals surface area contributed by atoms with Crippen molar-refractivity contribution in [1.29, 1.82) is 0 Å². The monoisotopic (exact) mass is 340 g/mol.